The third-order valence-corrected chi connectivity index (χ3v) is 3.99. The zero-order chi connectivity index (χ0) is 16.2. The molecule has 0 radical (unpaired) electrons. The molecule has 2 atom stereocenters. The molecule has 0 spiro atoms. The number of nitrogens with one attached hydrogen (secondary N) is 1. The number of amides is 1. The Kier molecular flexibility index (Phi) is 4.67. The minimum atomic E-state index is -0.598. The van der Waals surface area contributed by atoms with Crippen molar-refractivity contribution >= 4 is 5.91 Å². The second-order valence-corrected chi connectivity index (χ2v) is 6.11. The van der Waals surface area contributed by atoms with Crippen molar-refractivity contribution in [2.75, 3.05) is 0 Å². The summed E-state index contributed by atoms with van der Waals surface area (Å²) >= 11 is 0. The fourth-order valence-corrected chi connectivity index (χ4v) is 2.54. The fourth-order valence-electron chi connectivity index (χ4n) is 2.54. The van der Waals surface area contributed by atoms with Crippen LogP contribution in [0.25, 0.3) is 0 Å². The lowest BCUT2D eigenvalue weighted by molar-refractivity contribution is 0.0911. The first-order valence-corrected chi connectivity index (χ1v) is 8.00. The van der Waals surface area contributed by atoms with Crippen LogP contribution in [0.5, 0.6) is 0 Å². The highest BCUT2D eigenvalue weighted by atomic mass is 16.3. The third-order valence-electron chi connectivity index (χ3n) is 3.99. The number of benzene rings is 1. The molecule has 23 heavy (non-hydrogen) atoms. The molecule has 3 rings (SSSR count). The Balaban J connectivity index is 1.57. The van der Waals surface area contributed by atoms with Crippen molar-refractivity contribution in [3.05, 3.63) is 59.7 Å². The molecule has 0 saturated heterocycles. The molecule has 1 amide bonds. The van der Waals surface area contributed by atoms with Gasteiger partial charge in [-0.25, -0.2) is 9.97 Å². The van der Waals surface area contributed by atoms with E-state index in [2.05, 4.69) is 15.3 Å². The Labute approximate surface area is 135 Å². The van der Waals surface area contributed by atoms with Gasteiger partial charge in [-0.15, -0.1) is 0 Å². The van der Waals surface area contributed by atoms with E-state index in [0.717, 1.165) is 24.2 Å². The Morgan fingerprint density at radius 3 is 2.74 bits per heavy atom. The normalized spacial score (nSPS) is 16.6. The van der Waals surface area contributed by atoms with Crippen molar-refractivity contribution < 1.29 is 9.90 Å². The van der Waals surface area contributed by atoms with Crippen LogP contribution in [0.1, 0.15) is 60.1 Å². The summed E-state index contributed by atoms with van der Waals surface area (Å²) in [5.74, 6) is 0.955. The van der Waals surface area contributed by atoms with E-state index in [0.29, 0.717) is 18.0 Å². The van der Waals surface area contributed by atoms with E-state index >= 15 is 0 Å². The summed E-state index contributed by atoms with van der Waals surface area (Å²) in [6.07, 6.45) is 3.70. The highest BCUT2D eigenvalue weighted by molar-refractivity contribution is 5.92. The molecule has 1 aromatic heterocycles. The second kappa shape index (κ2) is 6.87. The average molecular weight is 311 g/mol. The van der Waals surface area contributed by atoms with Gasteiger partial charge in [0, 0.05) is 18.2 Å². The summed E-state index contributed by atoms with van der Waals surface area (Å²) in [5.41, 5.74) is 1.25. The topological polar surface area (TPSA) is 75.1 Å². The fraction of sp³-hybridized carbons (Fsp3) is 0.389. The van der Waals surface area contributed by atoms with Crippen molar-refractivity contribution in [3.63, 3.8) is 0 Å². The van der Waals surface area contributed by atoms with E-state index < -0.39 is 6.10 Å². The van der Waals surface area contributed by atoms with E-state index in [1.165, 1.54) is 0 Å². The average Bonchev–Trinajstić information content (AvgIpc) is 3.40. The van der Waals surface area contributed by atoms with Gasteiger partial charge in [-0.1, -0.05) is 30.3 Å². The molecular weight excluding hydrogens is 290 g/mol. The highest BCUT2D eigenvalue weighted by Crippen LogP contribution is 2.37. The molecule has 120 valence electrons. The van der Waals surface area contributed by atoms with Gasteiger partial charge in [-0.05, 0) is 37.8 Å². The van der Waals surface area contributed by atoms with Gasteiger partial charge in [0.2, 0.25) is 0 Å². The number of hydrogen-bond acceptors (Lipinski definition) is 4. The summed E-state index contributed by atoms with van der Waals surface area (Å²) in [4.78, 5) is 20.8. The zero-order valence-corrected chi connectivity index (χ0v) is 13.1. The summed E-state index contributed by atoms with van der Waals surface area (Å²) in [6, 6.07) is 10.9. The van der Waals surface area contributed by atoms with E-state index in [-0.39, 0.29) is 11.9 Å². The quantitative estimate of drug-likeness (QED) is 0.860. The largest absolute Gasteiger partial charge is 0.388 e. The number of carbonyl (C=O) groups excluding carboxylic acids is 1. The lowest BCUT2D eigenvalue weighted by atomic mass is 10.0. The smallest absolute Gasteiger partial charge is 0.270 e. The zero-order valence-electron chi connectivity index (χ0n) is 13.1. The predicted molar refractivity (Wildman–Crippen MR) is 87.0 cm³/mol. The minimum absolute atomic E-state index is 0.156. The van der Waals surface area contributed by atoms with E-state index in [9.17, 15) is 9.90 Å². The molecule has 1 aromatic carbocycles. The predicted octanol–water partition coefficient (Wildman–Crippen LogP) is 2.60. The maximum atomic E-state index is 12.3. The molecule has 2 unspecified atom stereocenters. The first-order chi connectivity index (χ1) is 11.1. The van der Waals surface area contributed by atoms with E-state index in [1.807, 2.05) is 37.3 Å². The van der Waals surface area contributed by atoms with Crippen LogP contribution in [0.15, 0.2) is 42.6 Å². The Morgan fingerprint density at radius 1 is 1.30 bits per heavy atom. The van der Waals surface area contributed by atoms with Gasteiger partial charge in [-0.2, -0.15) is 0 Å². The summed E-state index contributed by atoms with van der Waals surface area (Å²) in [5, 5.41) is 13.1. The standard InChI is InChI=1S/C18H21N3O2/c1-12(11-16(22)13-5-3-2-4-6-13)20-18(23)15-9-10-19-17(21-15)14-7-8-14/h2-6,9-10,12,14,16,22H,7-8,11H2,1H3,(H,20,23). The number of rotatable bonds is 6. The van der Waals surface area contributed by atoms with Crippen LogP contribution in [-0.2, 0) is 0 Å². The van der Waals surface area contributed by atoms with Crippen LogP contribution < -0.4 is 5.32 Å². The summed E-state index contributed by atoms with van der Waals surface area (Å²) in [7, 11) is 0. The molecule has 5 nitrogen and oxygen atoms in total. The van der Waals surface area contributed by atoms with Crippen LogP contribution in [0.3, 0.4) is 0 Å². The lowest BCUT2D eigenvalue weighted by Gasteiger charge is -2.18. The van der Waals surface area contributed by atoms with Crippen LogP contribution >= 0.6 is 0 Å². The first-order valence-electron chi connectivity index (χ1n) is 8.00. The molecule has 1 saturated carbocycles. The van der Waals surface area contributed by atoms with Gasteiger partial charge in [0.05, 0.1) is 6.10 Å². The molecule has 0 aliphatic heterocycles. The van der Waals surface area contributed by atoms with Gasteiger partial charge in [0.15, 0.2) is 0 Å². The number of aromatic nitrogens is 2. The van der Waals surface area contributed by atoms with Crippen LogP contribution in [-0.4, -0.2) is 27.0 Å². The Hall–Kier alpha value is -2.27. The Morgan fingerprint density at radius 2 is 2.04 bits per heavy atom. The van der Waals surface area contributed by atoms with Crippen molar-refractivity contribution in [2.24, 2.45) is 0 Å². The van der Waals surface area contributed by atoms with Gasteiger partial charge in [-0.3, -0.25) is 4.79 Å². The maximum Gasteiger partial charge on any atom is 0.270 e. The number of nitrogens with zero attached hydrogens (tertiary/aromatic N) is 2. The summed E-state index contributed by atoms with van der Waals surface area (Å²) < 4.78 is 0. The molecule has 1 aliphatic carbocycles. The first kappa shape index (κ1) is 15.6. The van der Waals surface area contributed by atoms with Crippen molar-refractivity contribution in [1.29, 1.82) is 0 Å². The van der Waals surface area contributed by atoms with E-state index in [1.54, 1.807) is 12.3 Å². The molecule has 5 heteroatoms. The van der Waals surface area contributed by atoms with Gasteiger partial charge in [0.1, 0.15) is 11.5 Å². The molecule has 1 aliphatic rings. The number of aliphatic hydroxyl groups excluding tert-OH is 1. The summed E-state index contributed by atoms with van der Waals surface area (Å²) in [6.45, 7) is 1.88. The minimum Gasteiger partial charge on any atom is -0.388 e. The highest BCUT2D eigenvalue weighted by Gasteiger charge is 2.27. The lowest BCUT2D eigenvalue weighted by Crippen LogP contribution is -2.34. The number of hydrogen-bond donors (Lipinski definition) is 2. The van der Waals surface area contributed by atoms with Gasteiger partial charge >= 0.3 is 0 Å². The van der Waals surface area contributed by atoms with Crippen LogP contribution in [0.2, 0.25) is 0 Å². The molecule has 1 heterocycles. The molecule has 0 bridgehead atoms. The van der Waals surface area contributed by atoms with Crippen molar-refractivity contribution in [3.8, 4) is 0 Å². The molecule has 2 aromatic rings. The number of aliphatic hydroxyl groups is 1. The van der Waals surface area contributed by atoms with Crippen LogP contribution in [0, 0.1) is 0 Å². The molecular formula is C18H21N3O2. The van der Waals surface area contributed by atoms with Crippen LogP contribution in [0.4, 0.5) is 0 Å². The maximum absolute atomic E-state index is 12.3. The third kappa shape index (κ3) is 4.13. The monoisotopic (exact) mass is 311 g/mol. The SMILES string of the molecule is CC(CC(O)c1ccccc1)NC(=O)c1ccnc(C2CC2)n1. The Bertz CT molecular complexity index is 671. The van der Waals surface area contributed by atoms with Crippen molar-refractivity contribution in [1.82, 2.24) is 15.3 Å². The van der Waals surface area contributed by atoms with Gasteiger partial charge in [0.25, 0.3) is 5.91 Å². The number of carbonyl (C=O) groups is 1. The molecule has 1 fully saturated rings. The van der Waals surface area contributed by atoms with E-state index in [4.69, 9.17) is 0 Å². The molecule has 2 N–H and O–H groups in total. The van der Waals surface area contributed by atoms with Gasteiger partial charge < -0.3 is 10.4 Å². The second-order valence-electron chi connectivity index (χ2n) is 6.11. The van der Waals surface area contributed by atoms with Crippen molar-refractivity contribution in [2.45, 2.75) is 44.2 Å².